The summed E-state index contributed by atoms with van der Waals surface area (Å²) in [6, 6.07) is 139. The summed E-state index contributed by atoms with van der Waals surface area (Å²) in [5, 5.41) is 12.8. The molecular formula is C114H72N12Zn3+6. The van der Waals surface area contributed by atoms with Crippen LogP contribution in [0.1, 0.15) is 34.2 Å². The van der Waals surface area contributed by atoms with Crippen LogP contribution >= 0.6 is 0 Å². The third-order valence-electron chi connectivity index (χ3n) is 23.2. The molecule has 0 aliphatic heterocycles. The molecule has 6 heterocycles. The standard InChI is InChI=1S/C114H72N12.3Zn/c1-7-19-109-79(13-1)37-55-91(121-109)67-115-85-43-25-73(26-44-85)97-61-103-104(62-98(97)74-27-45-86(46-28-74)116-68-92-56-38-80-14-2-8-20-110(80)122-92)106-64-100(76-31-49-88(50-32-76)118-70-94-58-40-82-16-4-10-22-112(82)124-94)102(78-35-53-90(54-36-78)120-72-96-60-42-84-18-6-12-24-114(84)126-96)66-108(106)107-65-101(77-33-51-89(52-34-77)119-71-95-59-41-83-17-5-11-23-113(83)125-95)99(63-105(103)107)75-29-47-87(48-30-75)117-69-93-57-39-81-15-3-9-21-111(81)123-93;;;/h1-72H;;;/q;3*+2. The number of aromatic nitrogens is 6. The molecule has 0 unspecified atom stereocenters. The second-order valence-electron chi connectivity index (χ2n) is 31.2. The minimum atomic E-state index is 0. The first-order chi connectivity index (χ1) is 62.3. The summed E-state index contributed by atoms with van der Waals surface area (Å²) in [4.78, 5) is 59.7. The Hall–Kier alpha value is -15.3. The van der Waals surface area contributed by atoms with Crippen LogP contribution in [0.25, 0.3) is 164 Å². The molecular weight excluding hydrogens is 1730 g/mol. The molecule has 0 saturated heterocycles. The number of rotatable bonds is 18. The third kappa shape index (κ3) is 17.8. The Balaban J connectivity index is 0.00000360. The summed E-state index contributed by atoms with van der Waals surface area (Å²) in [6.45, 7) is 0. The van der Waals surface area contributed by atoms with Gasteiger partial charge in [0.1, 0.15) is 0 Å². The number of hydrogen-bond donors (Lipinski definition) is 0. The molecule has 12 nitrogen and oxygen atoms in total. The Morgan fingerprint density at radius 2 is 0.287 bits per heavy atom. The molecule has 0 bridgehead atoms. The fourth-order valence-electron chi connectivity index (χ4n) is 16.7. The van der Waals surface area contributed by atoms with E-state index >= 15 is 0 Å². The topological polar surface area (TPSA) is 152 Å². The van der Waals surface area contributed by atoms with Gasteiger partial charge in [-0.1, -0.05) is 218 Å². The quantitative estimate of drug-likeness (QED) is 0.0474. The van der Waals surface area contributed by atoms with Crippen molar-refractivity contribution in [2.24, 2.45) is 30.0 Å². The molecule has 0 aliphatic rings. The van der Waals surface area contributed by atoms with Gasteiger partial charge >= 0.3 is 58.4 Å². The average Bonchev–Trinajstić information content (AvgIpc) is 0.711. The van der Waals surface area contributed by atoms with Gasteiger partial charge < -0.3 is 0 Å². The molecule has 22 aromatic rings. The summed E-state index contributed by atoms with van der Waals surface area (Å²) in [7, 11) is 0. The van der Waals surface area contributed by atoms with Crippen molar-refractivity contribution in [2.75, 3.05) is 0 Å². The van der Waals surface area contributed by atoms with Crippen LogP contribution in [0.5, 0.6) is 0 Å². The van der Waals surface area contributed by atoms with Crippen molar-refractivity contribution in [3.8, 4) is 66.8 Å². The number of pyridine rings is 6. The van der Waals surface area contributed by atoms with Gasteiger partial charge in [0.15, 0.2) is 0 Å². The van der Waals surface area contributed by atoms with Crippen LogP contribution in [0, 0.1) is 0 Å². The van der Waals surface area contributed by atoms with Crippen molar-refractivity contribution >= 4 is 169 Å². The van der Waals surface area contributed by atoms with Crippen molar-refractivity contribution in [1.29, 1.82) is 0 Å². The molecule has 22 rings (SSSR count). The minimum absolute atomic E-state index is 0. The van der Waals surface area contributed by atoms with Gasteiger partial charge in [-0.2, -0.15) is 0 Å². The summed E-state index contributed by atoms with van der Waals surface area (Å²) >= 11 is 0. The van der Waals surface area contributed by atoms with Gasteiger partial charge in [-0.15, -0.1) is 0 Å². The number of hydrogen-bond acceptors (Lipinski definition) is 12. The zero-order valence-corrected chi connectivity index (χ0v) is 79.0. The monoisotopic (exact) mass is 1800 g/mol. The molecule has 0 fully saturated rings. The third-order valence-corrected chi connectivity index (χ3v) is 23.2. The molecule has 15 heteroatoms. The van der Waals surface area contributed by atoms with Gasteiger partial charge in [0, 0.05) is 32.3 Å². The van der Waals surface area contributed by atoms with Gasteiger partial charge in [0.2, 0.25) is 0 Å². The van der Waals surface area contributed by atoms with Gasteiger partial charge in [-0.3, -0.25) is 30.0 Å². The smallest absolute Gasteiger partial charge is 0.255 e. The average molecular weight is 1810 g/mol. The second kappa shape index (κ2) is 37.1. The normalized spacial score (nSPS) is 11.8. The van der Waals surface area contributed by atoms with Crippen molar-refractivity contribution in [3.05, 3.63) is 435 Å². The first kappa shape index (κ1) is 83.2. The summed E-state index contributed by atoms with van der Waals surface area (Å²) in [5.41, 5.74) is 27.1. The Kier molecular flexibility index (Phi) is 23.9. The Morgan fingerprint density at radius 3 is 0.434 bits per heavy atom. The largest absolute Gasteiger partial charge is 2.00 e. The van der Waals surface area contributed by atoms with Crippen molar-refractivity contribution in [1.82, 2.24) is 29.9 Å². The number of aliphatic imine (C=N–C) groups is 6. The molecule has 0 spiro atoms. The Morgan fingerprint density at radius 1 is 0.147 bits per heavy atom. The van der Waals surface area contributed by atoms with Crippen LogP contribution in [0.4, 0.5) is 34.1 Å². The van der Waals surface area contributed by atoms with Crippen molar-refractivity contribution in [3.63, 3.8) is 0 Å². The Bertz CT molecular complexity index is 6960. The molecule has 16 aromatic carbocycles. The van der Waals surface area contributed by atoms with E-state index in [0.29, 0.717) is 0 Å². The van der Waals surface area contributed by atoms with Gasteiger partial charge in [0.25, 0.3) is 0 Å². The van der Waals surface area contributed by atoms with E-state index in [1.54, 1.807) is 0 Å². The summed E-state index contributed by atoms with van der Waals surface area (Å²) in [6.07, 6.45) is 11.0. The van der Waals surface area contributed by atoms with E-state index in [1.807, 2.05) is 183 Å². The molecule has 0 saturated carbocycles. The van der Waals surface area contributed by atoms with Crippen molar-refractivity contribution in [2.45, 2.75) is 0 Å². The number of nitrogens with zero attached hydrogens (tertiary/aromatic N) is 12. The summed E-state index contributed by atoms with van der Waals surface area (Å²) in [5.74, 6) is 0. The van der Waals surface area contributed by atoms with Crippen LogP contribution in [0.3, 0.4) is 0 Å². The number of benzene rings is 16. The van der Waals surface area contributed by atoms with Crippen LogP contribution in [0.2, 0.25) is 0 Å². The predicted octanol–water partition coefficient (Wildman–Crippen LogP) is 28.9. The fourth-order valence-corrected chi connectivity index (χ4v) is 16.7. The minimum Gasteiger partial charge on any atom is -0.255 e. The van der Waals surface area contributed by atoms with E-state index in [-0.39, 0.29) is 58.4 Å². The molecule has 0 amide bonds. The van der Waals surface area contributed by atoms with E-state index < -0.39 is 0 Å². The van der Waals surface area contributed by atoms with Crippen molar-refractivity contribution < 1.29 is 58.4 Å². The maximum Gasteiger partial charge on any atom is 2.00 e. The molecule has 0 radical (unpaired) electrons. The van der Waals surface area contributed by atoms with E-state index in [0.717, 1.165) is 233 Å². The van der Waals surface area contributed by atoms with Gasteiger partial charge in [0.05, 0.1) is 139 Å². The SMILES string of the molecule is C(=Nc1ccc(-c2cc3c4cc(-c5ccc(N=Cc6ccc7ccccc7n6)cc5)c(-c5ccc(N=Cc6ccc7ccccc7n6)cc5)cc4c4cc(-c5ccc(N=Cc6ccc7ccccc7n6)cc5)c(-c5ccc(N=Cc6ccc7ccccc7n6)cc5)cc4c3cc2-c2ccc(N=Cc3ccc4ccccc4n3)cc2)cc1)c1ccc2ccccc2n1.[Zn+2].[Zn+2].[Zn+2]. The molecule has 0 aliphatic carbocycles. The van der Waals surface area contributed by atoms with E-state index in [9.17, 15) is 0 Å². The van der Waals surface area contributed by atoms with E-state index in [4.69, 9.17) is 59.9 Å². The fraction of sp³-hybridized carbons (Fsp3) is 0. The molecule has 6 aromatic heterocycles. The van der Waals surface area contributed by atoms with Crippen LogP contribution < -0.4 is 0 Å². The number of para-hydroxylation sites is 6. The maximum atomic E-state index is 5.02. The summed E-state index contributed by atoms with van der Waals surface area (Å²) < 4.78 is 0. The van der Waals surface area contributed by atoms with Gasteiger partial charge in [-0.05, 0) is 281 Å². The first-order valence-electron chi connectivity index (χ1n) is 41.9. The molecule has 588 valence electrons. The molecule has 0 atom stereocenters. The zero-order chi connectivity index (χ0) is 83.6. The van der Waals surface area contributed by atoms with Crippen LogP contribution in [-0.4, -0.2) is 67.2 Å². The zero-order valence-electron chi connectivity index (χ0n) is 70.1. The Labute approximate surface area is 782 Å². The molecule has 129 heavy (non-hydrogen) atoms. The van der Waals surface area contributed by atoms with Crippen LogP contribution in [-0.2, 0) is 58.4 Å². The van der Waals surface area contributed by atoms with Crippen LogP contribution in [0.15, 0.2) is 430 Å². The van der Waals surface area contributed by atoms with E-state index in [1.165, 1.54) is 0 Å². The first-order valence-corrected chi connectivity index (χ1v) is 41.9. The van der Waals surface area contributed by atoms with E-state index in [2.05, 4.69) is 255 Å². The maximum absolute atomic E-state index is 5.02. The second-order valence-corrected chi connectivity index (χ2v) is 31.2. The number of fused-ring (bicyclic) bond motifs is 12. The van der Waals surface area contributed by atoms with Gasteiger partial charge in [-0.25, -0.2) is 29.9 Å². The predicted molar refractivity (Wildman–Crippen MR) is 526 cm³/mol. The molecule has 0 N–H and O–H groups in total.